The number of hydrogen-bond acceptors (Lipinski definition) is 0. The highest BCUT2D eigenvalue weighted by Gasteiger charge is 1.86. The van der Waals surface area contributed by atoms with Crippen molar-refractivity contribution in [3.8, 4) is 0 Å². The first-order valence-corrected chi connectivity index (χ1v) is 3.92. The minimum absolute atomic E-state index is 1.00. The number of benzene rings is 1. The fourth-order valence-electron chi connectivity index (χ4n) is 0.750. The van der Waals surface area contributed by atoms with E-state index < -0.39 is 0 Å². The van der Waals surface area contributed by atoms with Crippen LogP contribution in [0.25, 0.3) is 6.08 Å². The summed E-state index contributed by atoms with van der Waals surface area (Å²) in [5.41, 5.74) is 1.20. The van der Waals surface area contributed by atoms with Crippen LogP contribution in [0.3, 0.4) is 0 Å². The lowest BCUT2D eigenvalue weighted by Gasteiger charge is -1.91. The molecule has 0 spiro atoms. The van der Waals surface area contributed by atoms with Crippen LogP contribution in [0.15, 0.2) is 28.7 Å². The monoisotopic (exact) mass is 195 g/mol. The van der Waals surface area contributed by atoms with Gasteiger partial charge in [0.1, 0.15) is 0 Å². The van der Waals surface area contributed by atoms with E-state index >= 15 is 0 Å². The molecule has 0 saturated heterocycles. The molecule has 51 valence electrons. The second-order valence-electron chi connectivity index (χ2n) is 1.97. The van der Waals surface area contributed by atoms with Crippen molar-refractivity contribution < 1.29 is 0 Å². The molecule has 0 aliphatic rings. The molecule has 1 radical (unpaired) electrons. The van der Waals surface area contributed by atoms with Crippen LogP contribution in [0.4, 0.5) is 0 Å². The van der Waals surface area contributed by atoms with Crippen molar-refractivity contribution in [1.29, 1.82) is 0 Å². The third-order valence-electron chi connectivity index (χ3n) is 1.15. The van der Waals surface area contributed by atoms with Crippen LogP contribution in [-0.4, -0.2) is 0 Å². The van der Waals surface area contributed by atoms with Crippen molar-refractivity contribution >= 4 is 22.0 Å². The van der Waals surface area contributed by atoms with Gasteiger partial charge in [-0.2, -0.15) is 0 Å². The summed E-state index contributed by atoms with van der Waals surface area (Å²) in [5.74, 6) is 0. The number of hydrogen-bond donors (Lipinski definition) is 0. The van der Waals surface area contributed by atoms with Gasteiger partial charge in [0, 0.05) is 4.47 Å². The van der Waals surface area contributed by atoms with E-state index in [-0.39, 0.29) is 0 Å². The quantitative estimate of drug-likeness (QED) is 0.646. The van der Waals surface area contributed by atoms with Crippen LogP contribution in [0.5, 0.6) is 0 Å². The third-order valence-corrected chi connectivity index (χ3v) is 1.61. The molecule has 0 aliphatic carbocycles. The summed E-state index contributed by atoms with van der Waals surface area (Å²) in [6.45, 7) is 2.00. The SMILES string of the molecule is C/C=C/c1cc[c]c(Br)c1. The van der Waals surface area contributed by atoms with Gasteiger partial charge in [0.2, 0.25) is 0 Å². The molecule has 0 aliphatic heterocycles. The van der Waals surface area contributed by atoms with Crippen molar-refractivity contribution in [3.63, 3.8) is 0 Å². The molecule has 1 aromatic carbocycles. The van der Waals surface area contributed by atoms with Crippen LogP contribution in [0, 0.1) is 6.07 Å². The van der Waals surface area contributed by atoms with E-state index in [1.165, 1.54) is 5.56 Å². The molecule has 0 unspecified atom stereocenters. The lowest BCUT2D eigenvalue weighted by molar-refractivity contribution is 1.59. The second kappa shape index (κ2) is 3.57. The lowest BCUT2D eigenvalue weighted by Crippen LogP contribution is -1.69. The molecule has 0 saturated carbocycles. The van der Waals surface area contributed by atoms with Gasteiger partial charge in [-0.05, 0) is 24.6 Å². The van der Waals surface area contributed by atoms with Crippen LogP contribution >= 0.6 is 15.9 Å². The molecule has 0 aromatic heterocycles. The van der Waals surface area contributed by atoms with Crippen LogP contribution in [0.2, 0.25) is 0 Å². The van der Waals surface area contributed by atoms with E-state index in [4.69, 9.17) is 0 Å². The molecular weight excluding hydrogens is 188 g/mol. The Hall–Kier alpha value is -0.560. The Morgan fingerprint density at radius 1 is 1.60 bits per heavy atom. The van der Waals surface area contributed by atoms with Gasteiger partial charge < -0.3 is 0 Å². The maximum absolute atomic E-state index is 3.34. The Kier molecular flexibility index (Phi) is 2.69. The first kappa shape index (κ1) is 7.55. The normalized spacial score (nSPS) is 10.6. The Morgan fingerprint density at radius 2 is 2.40 bits per heavy atom. The third kappa shape index (κ3) is 1.99. The molecule has 0 atom stereocenters. The Labute approximate surface area is 69.7 Å². The minimum atomic E-state index is 1.00. The molecule has 0 nitrogen and oxygen atoms in total. The average Bonchev–Trinajstić information content (AvgIpc) is 1.88. The second-order valence-corrected chi connectivity index (χ2v) is 2.82. The summed E-state index contributed by atoms with van der Waals surface area (Å²) < 4.78 is 1.00. The molecule has 1 heteroatoms. The van der Waals surface area contributed by atoms with Crippen molar-refractivity contribution in [3.05, 3.63) is 40.4 Å². The first-order valence-electron chi connectivity index (χ1n) is 3.13. The Bertz CT molecular complexity index is 238. The standard InChI is InChI=1S/C9H8Br/c1-2-4-8-5-3-6-9(10)7-8/h2-5,7H,1H3/b4-2+. The smallest absolute Gasteiger partial charge is 0.0260 e. The van der Waals surface area contributed by atoms with Gasteiger partial charge in [-0.15, -0.1) is 0 Å². The van der Waals surface area contributed by atoms with E-state index in [9.17, 15) is 0 Å². The van der Waals surface area contributed by atoms with E-state index in [1.54, 1.807) is 0 Å². The molecule has 0 N–H and O–H groups in total. The molecule has 0 heterocycles. The van der Waals surface area contributed by atoms with Crippen LogP contribution in [-0.2, 0) is 0 Å². The van der Waals surface area contributed by atoms with Gasteiger partial charge in [-0.25, -0.2) is 0 Å². The van der Waals surface area contributed by atoms with E-state index in [2.05, 4.69) is 28.1 Å². The molecule has 0 amide bonds. The predicted molar refractivity (Wildman–Crippen MR) is 47.7 cm³/mol. The summed E-state index contributed by atoms with van der Waals surface area (Å²) in [6.07, 6.45) is 4.07. The highest BCUT2D eigenvalue weighted by molar-refractivity contribution is 9.10. The number of rotatable bonds is 1. The maximum Gasteiger partial charge on any atom is 0.0260 e. The molecule has 1 aromatic rings. The fourth-order valence-corrected chi connectivity index (χ4v) is 1.15. The summed E-state index contributed by atoms with van der Waals surface area (Å²) in [5, 5.41) is 0. The van der Waals surface area contributed by atoms with Crippen molar-refractivity contribution in [2.75, 3.05) is 0 Å². The summed E-state index contributed by atoms with van der Waals surface area (Å²) >= 11 is 3.34. The predicted octanol–water partition coefficient (Wildman–Crippen LogP) is 3.28. The molecule has 1 rings (SSSR count). The van der Waals surface area contributed by atoms with E-state index in [0.29, 0.717) is 0 Å². The maximum atomic E-state index is 3.34. The fraction of sp³-hybridized carbons (Fsp3) is 0.111. The van der Waals surface area contributed by atoms with Crippen LogP contribution in [0.1, 0.15) is 12.5 Å². The van der Waals surface area contributed by atoms with Gasteiger partial charge >= 0.3 is 0 Å². The Balaban J connectivity index is 2.95. The van der Waals surface area contributed by atoms with Crippen molar-refractivity contribution in [2.24, 2.45) is 0 Å². The molecule has 0 fully saturated rings. The van der Waals surface area contributed by atoms with Crippen molar-refractivity contribution in [1.82, 2.24) is 0 Å². The molecule has 10 heavy (non-hydrogen) atoms. The summed E-state index contributed by atoms with van der Waals surface area (Å²) in [4.78, 5) is 0. The van der Waals surface area contributed by atoms with E-state index in [1.807, 2.05) is 31.2 Å². The average molecular weight is 196 g/mol. The highest BCUT2D eigenvalue weighted by atomic mass is 79.9. The largest absolute Gasteiger partial charge is 0.0871 e. The van der Waals surface area contributed by atoms with Crippen LogP contribution < -0.4 is 0 Å². The number of halogens is 1. The number of allylic oxidation sites excluding steroid dienone is 1. The van der Waals surface area contributed by atoms with E-state index in [0.717, 1.165) is 4.47 Å². The Morgan fingerprint density at radius 3 is 3.00 bits per heavy atom. The first-order chi connectivity index (χ1) is 4.83. The van der Waals surface area contributed by atoms with Gasteiger partial charge in [0.25, 0.3) is 0 Å². The van der Waals surface area contributed by atoms with Gasteiger partial charge in [0.05, 0.1) is 0 Å². The summed E-state index contributed by atoms with van der Waals surface area (Å²) in [6, 6.07) is 8.96. The van der Waals surface area contributed by atoms with Gasteiger partial charge in [-0.1, -0.05) is 40.2 Å². The topological polar surface area (TPSA) is 0 Å². The molecular formula is C9H8Br. The zero-order chi connectivity index (χ0) is 7.40. The zero-order valence-electron chi connectivity index (χ0n) is 5.76. The lowest BCUT2D eigenvalue weighted by atomic mass is 10.2. The van der Waals surface area contributed by atoms with Crippen molar-refractivity contribution in [2.45, 2.75) is 6.92 Å². The zero-order valence-corrected chi connectivity index (χ0v) is 7.35. The van der Waals surface area contributed by atoms with Gasteiger partial charge in [-0.3, -0.25) is 0 Å². The minimum Gasteiger partial charge on any atom is -0.0871 e. The van der Waals surface area contributed by atoms with Gasteiger partial charge in [0.15, 0.2) is 0 Å². The summed E-state index contributed by atoms with van der Waals surface area (Å²) in [7, 11) is 0. The molecule has 0 bridgehead atoms. The highest BCUT2D eigenvalue weighted by Crippen LogP contribution is 2.11.